The van der Waals surface area contributed by atoms with Gasteiger partial charge in [-0.15, -0.1) is 16.4 Å². The van der Waals surface area contributed by atoms with Gasteiger partial charge in [-0.3, -0.25) is 23.9 Å². The zero-order valence-corrected chi connectivity index (χ0v) is 41.3. The number of Topliss-reactive ketones (excluding diaryl/α,β-unsaturated/α-hetero) is 1. The highest BCUT2D eigenvalue weighted by Gasteiger charge is 2.61. The van der Waals surface area contributed by atoms with Crippen molar-refractivity contribution in [3.05, 3.63) is 76.7 Å². The van der Waals surface area contributed by atoms with E-state index in [1.165, 1.54) is 4.90 Å². The number of carbonyl (C=O) groups excluding carboxylic acids is 4. The van der Waals surface area contributed by atoms with Gasteiger partial charge in [0.2, 0.25) is 17.7 Å². The minimum absolute atomic E-state index is 0.00155. The van der Waals surface area contributed by atoms with Crippen LogP contribution in [-0.4, -0.2) is 106 Å². The van der Waals surface area contributed by atoms with Gasteiger partial charge in [0.05, 0.1) is 53.1 Å². The summed E-state index contributed by atoms with van der Waals surface area (Å²) in [5.41, 5.74) is 4.15. The minimum atomic E-state index is -1.79. The maximum Gasteiger partial charge on any atom is 0.246 e. The molecule has 4 aliphatic rings. The molecule has 5 N–H and O–H groups in total. The number of fused-ring (bicyclic) bond motifs is 2. The first-order valence-corrected chi connectivity index (χ1v) is 24.8. The van der Waals surface area contributed by atoms with E-state index in [1.807, 2.05) is 70.5 Å². The molecule has 3 fully saturated rings. The van der Waals surface area contributed by atoms with Crippen molar-refractivity contribution in [2.24, 2.45) is 34.5 Å². The largest absolute Gasteiger partial charge is 0.392 e. The predicted octanol–water partition coefficient (Wildman–Crippen LogP) is 5.85. The van der Waals surface area contributed by atoms with Gasteiger partial charge in [0.25, 0.3) is 0 Å². The minimum Gasteiger partial charge on any atom is -0.392 e. The number of allylic oxidation sites excluding steroid dienone is 1. The Labute approximate surface area is 398 Å². The van der Waals surface area contributed by atoms with Crippen LogP contribution in [0.4, 0.5) is 0 Å². The first-order valence-electron chi connectivity index (χ1n) is 24.0. The number of aromatic nitrogens is 4. The lowest BCUT2D eigenvalue weighted by Gasteiger charge is -2.37. The molecule has 0 spiro atoms. The molecule has 2 saturated carbocycles. The van der Waals surface area contributed by atoms with Crippen molar-refractivity contribution < 1.29 is 39.2 Å². The van der Waals surface area contributed by atoms with Crippen LogP contribution in [0.5, 0.6) is 0 Å². The topological polar surface area (TPSA) is 209 Å². The number of aliphatic hydroxyl groups is 3. The molecule has 3 amide bonds. The quantitative estimate of drug-likeness (QED) is 0.0902. The number of unbranched alkanes of at least 4 members (excludes halogenated alkanes) is 2. The Balaban J connectivity index is 0.881. The number of hydrogen-bond acceptors (Lipinski definition) is 12. The van der Waals surface area contributed by atoms with Crippen molar-refractivity contribution in [2.45, 2.75) is 162 Å². The Morgan fingerprint density at radius 2 is 1.82 bits per heavy atom. The number of amides is 3. The maximum absolute atomic E-state index is 14.1. The number of carbonyl (C=O) groups is 4. The van der Waals surface area contributed by atoms with E-state index >= 15 is 0 Å². The molecule has 2 aromatic heterocycles. The van der Waals surface area contributed by atoms with Gasteiger partial charge < -0.3 is 35.6 Å². The third kappa shape index (κ3) is 11.0. The molecular formula is C51H71N7O8S. The number of nitrogens with zero attached hydrogens (tertiary/aromatic N) is 5. The Hall–Kier alpha value is -4.61. The molecule has 1 aromatic carbocycles. The highest BCUT2D eigenvalue weighted by atomic mass is 32.1. The molecule has 1 aliphatic heterocycles. The first-order chi connectivity index (χ1) is 31.6. The summed E-state index contributed by atoms with van der Waals surface area (Å²) < 4.78 is 8.19. The molecule has 16 heteroatoms. The van der Waals surface area contributed by atoms with Crippen LogP contribution >= 0.6 is 11.3 Å². The average Bonchev–Trinajstić information content (AvgIpc) is 3.89. The summed E-state index contributed by atoms with van der Waals surface area (Å²) in [6, 6.07) is 6.10. The van der Waals surface area contributed by atoms with Crippen LogP contribution in [0.2, 0.25) is 0 Å². The summed E-state index contributed by atoms with van der Waals surface area (Å²) in [4.78, 5) is 61.7. The van der Waals surface area contributed by atoms with E-state index in [0.29, 0.717) is 49.4 Å². The van der Waals surface area contributed by atoms with Gasteiger partial charge in [-0.1, -0.05) is 90.1 Å². The number of nitrogens with one attached hydrogen (secondary N) is 2. The average molecular weight is 942 g/mol. The van der Waals surface area contributed by atoms with Crippen molar-refractivity contribution in [3.63, 3.8) is 0 Å². The van der Waals surface area contributed by atoms with E-state index in [2.05, 4.69) is 46.4 Å². The van der Waals surface area contributed by atoms with Crippen molar-refractivity contribution in [1.29, 1.82) is 0 Å². The molecule has 0 radical (unpaired) electrons. The first kappa shape index (κ1) is 50.3. The van der Waals surface area contributed by atoms with E-state index in [0.717, 1.165) is 33.7 Å². The SMILES string of the molecule is C=C1CC[C@H]2[C@@H](/C=C(\C)C(=O)[C@@]3(O)C[C@H](C)[C@H](O)[C@@H]3[C@H]1OCc1cn(CCCCCC(=O)N[C@H](C(=O)N3C[C@H](O)C[C@H]3C(=O)NCc3ccc(-c4scnc4C)cc3)C(C)(C)C)nn1)C2(C)C. The molecule has 1 saturated heterocycles. The molecule has 0 bridgehead atoms. The van der Waals surface area contributed by atoms with E-state index in [4.69, 9.17) is 4.74 Å². The number of aliphatic hydroxyl groups excluding tert-OH is 2. The van der Waals surface area contributed by atoms with Crippen LogP contribution in [0.15, 0.2) is 59.8 Å². The van der Waals surface area contributed by atoms with E-state index < -0.39 is 53.2 Å². The van der Waals surface area contributed by atoms with Crippen LogP contribution in [0.3, 0.4) is 0 Å². The molecule has 15 nitrogen and oxygen atoms in total. The highest BCUT2D eigenvalue weighted by Crippen LogP contribution is 2.62. The molecule has 3 aliphatic carbocycles. The number of likely N-dealkylation sites (tertiary alicyclic amines) is 1. The summed E-state index contributed by atoms with van der Waals surface area (Å²) >= 11 is 1.57. The van der Waals surface area contributed by atoms with Crippen LogP contribution in [0.1, 0.15) is 117 Å². The van der Waals surface area contributed by atoms with Gasteiger partial charge in [-0.2, -0.15) is 0 Å². The van der Waals surface area contributed by atoms with E-state index in [1.54, 1.807) is 29.1 Å². The number of rotatable bonds is 15. The highest BCUT2D eigenvalue weighted by molar-refractivity contribution is 7.13. The lowest BCUT2D eigenvalue weighted by atomic mass is 9.77. The zero-order chi connectivity index (χ0) is 48.6. The number of benzene rings is 1. The van der Waals surface area contributed by atoms with Crippen molar-refractivity contribution in [3.8, 4) is 10.4 Å². The molecule has 67 heavy (non-hydrogen) atoms. The number of β-amino-alcohol motifs (C(OH)–C–C–N with tert-alkyl or cyclic N) is 1. The van der Waals surface area contributed by atoms with Crippen molar-refractivity contribution in [1.82, 2.24) is 35.5 Å². The lowest BCUT2D eigenvalue weighted by molar-refractivity contribution is -0.148. The smallest absolute Gasteiger partial charge is 0.246 e. The Morgan fingerprint density at radius 1 is 1.09 bits per heavy atom. The predicted molar refractivity (Wildman–Crippen MR) is 255 cm³/mol. The number of hydrogen-bond donors (Lipinski definition) is 5. The van der Waals surface area contributed by atoms with E-state index in [9.17, 15) is 34.5 Å². The number of ether oxygens (including phenoxy) is 1. The van der Waals surface area contributed by atoms with Gasteiger partial charge in [0.15, 0.2) is 5.78 Å². The zero-order valence-electron chi connectivity index (χ0n) is 40.5. The summed E-state index contributed by atoms with van der Waals surface area (Å²) in [6.07, 6.45) is 5.17. The Morgan fingerprint density at radius 3 is 2.51 bits per heavy atom. The van der Waals surface area contributed by atoms with Gasteiger partial charge >= 0.3 is 0 Å². The Bertz CT molecular complexity index is 2330. The lowest BCUT2D eigenvalue weighted by Crippen LogP contribution is -2.57. The molecule has 7 rings (SSSR count). The normalized spacial score (nSPS) is 29.6. The number of aryl methyl sites for hydroxylation is 2. The monoisotopic (exact) mass is 942 g/mol. The maximum atomic E-state index is 14.1. The van der Waals surface area contributed by atoms with Crippen LogP contribution in [0.25, 0.3) is 10.4 Å². The summed E-state index contributed by atoms with van der Waals surface area (Å²) in [7, 11) is 0. The van der Waals surface area contributed by atoms with Gasteiger partial charge in [0.1, 0.15) is 23.4 Å². The third-order valence-electron chi connectivity index (χ3n) is 15.0. The standard InChI is InChI=1S/C51H71N7O8S/c1-29-14-19-37-38(50(37,8)9)21-30(2)46(62)51(65)23-31(3)42(61)41(51)43(29)66-27-35-25-57(56-55-35)20-12-10-11-13-40(60)54-45(49(5,6)7)48(64)58-26-36(59)22-39(58)47(63)52-24-33-15-17-34(18-16-33)44-32(4)53-28-67-44/h15-18,21,25,28,31,36-39,41-43,45,59,61,65H,1,10-14,19-20,22-24,26-27H2,2-9H3,(H,52,63)(H,54,60)/b30-21+/t31-,36+,37-,38+,39-,41+,42-,43-,45+,51+/m0/s1. The van der Waals surface area contributed by atoms with Gasteiger partial charge in [-0.05, 0) is 96.8 Å². The number of thiazole rings is 1. The summed E-state index contributed by atoms with van der Waals surface area (Å²) in [5, 5.41) is 48.6. The third-order valence-corrected chi connectivity index (χ3v) is 15.9. The molecule has 0 unspecified atom stereocenters. The molecular weight excluding hydrogens is 871 g/mol. The second kappa shape index (κ2) is 20.2. The summed E-state index contributed by atoms with van der Waals surface area (Å²) in [6.45, 7) is 20.9. The van der Waals surface area contributed by atoms with Crippen LogP contribution < -0.4 is 10.6 Å². The Kier molecular flexibility index (Phi) is 15.1. The van der Waals surface area contributed by atoms with Crippen LogP contribution in [0, 0.1) is 41.4 Å². The second-order valence-corrected chi connectivity index (χ2v) is 22.3. The molecule has 10 atom stereocenters. The van der Waals surface area contributed by atoms with Crippen molar-refractivity contribution >= 4 is 34.8 Å². The molecule has 3 aromatic rings. The summed E-state index contributed by atoms with van der Waals surface area (Å²) in [5.74, 6) is -1.96. The van der Waals surface area contributed by atoms with Crippen molar-refractivity contribution in [2.75, 3.05) is 6.54 Å². The van der Waals surface area contributed by atoms with Gasteiger partial charge in [-0.25, -0.2) is 4.98 Å². The number of ketones is 1. The van der Waals surface area contributed by atoms with Gasteiger partial charge in [0, 0.05) is 32.5 Å². The van der Waals surface area contributed by atoms with Crippen LogP contribution in [-0.2, 0) is 43.6 Å². The van der Waals surface area contributed by atoms with E-state index in [-0.39, 0.29) is 73.8 Å². The molecule has 3 heterocycles. The molecule has 364 valence electrons. The fourth-order valence-corrected chi connectivity index (χ4v) is 11.6. The second-order valence-electron chi connectivity index (χ2n) is 21.4. The fraction of sp³-hybridized carbons (Fsp3) is 0.627. The fourth-order valence-electron chi connectivity index (χ4n) is 10.8.